The maximum absolute atomic E-state index is 14.5. The van der Waals surface area contributed by atoms with Gasteiger partial charge in [-0.1, -0.05) is 12.1 Å². The zero-order valence-corrected chi connectivity index (χ0v) is 18.5. The molecule has 2 aromatic rings. The van der Waals surface area contributed by atoms with Crippen LogP contribution in [-0.4, -0.2) is 48.7 Å². The van der Waals surface area contributed by atoms with Crippen LogP contribution in [-0.2, 0) is 11.2 Å². The van der Waals surface area contributed by atoms with Gasteiger partial charge in [-0.25, -0.2) is 9.18 Å². The maximum Gasteiger partial charge on any atom is 0.407 e. The molecule has 2 heterocycles. The van der Waals surface area contributed by atoms with E-state index in [4.69, 9.17) is 15.2 Å². The molecule has 32 heavy (non-hydrogen) atoms. The van der Waals surface area contributed by atoms with Crippen LogP contribution in [0, 0.1) is 5.82 Å². The van der Waals surface area contributed by atoms with Crippen LogP contribution in [0.3, 0.4) is 0 Å². The molecule has 0 aliphatic carbocycles. The SMILES string of the molecule is Cl.NCCc1ccc(Oc2ccc(F)c(C(=O)N3CCCC4(CC3)CNC(=O)O4)c2)cc1. The first-order valence-corrected chi connectivity index (χ1v) is 10.5. The molecule has 0 radical (unpaired) electrons. The summed E-state index contributed by atoms with van der Waals surface area (Å²) in [5.41, 5.74) is 6.06. The second-order valence-electron chi connectivity index (χ2n) is 8.00. The number of nitrogens with two attached hydrogens (primary N) is 1. The second kappa shape index (κ2) is 10.2. The van der Waals surface area contributed by atoms with E-state index in [1.54, 1.807) is 4.90 Å². The third-order valence-corrected chi connectivity index (χ3v) is 5.81. The highest BCUT2D eigenvalue weighted by Gasteiger charge is 2.42. The minimum atomic E-state index is -0.594. The third kappa shape index (κ3) is 5.31. The van der Waals surface area contributed by atoms with Crippen LogP contribution >= 0.6 is 12.4 Å². The van der Waals surface area contributed by atoms with Gasteiger partial charge in [0.05, 0.1) is 12.1 Å². The van der Waals surface area contributed by atoms with E-state index in [0.717, 1.165) is 12.0 Å². The number of alkyl carbamates (subject to hydrolysis) is 1. The summed E-state index contributed by atoms with van der Waals surface area (Å²) >= 11 is 0. The molecule has 2 aliphatic rings. The summed E-state index contributed by atoms with van der Waals surface area (Å²) in [6, 6.07) is 11.7. The molecule has 4 rings (SSSR count). The molecule has 2 amide bonds. The molecule has 172 valence electrons. The van der Waals surface area contributed by atoms with Crippen molar-refractivity contribution in [3.05, 3.63) is 59.4 Å². The highest BCUT2D eigenvalue weighted by molar-refractivity contribution is 5.95. The Balaban J connectivity index is 0.00000289. The van der Waals surface area contributed by atoms with Crippen LogP contribution in [0.25, 0.3) is 0 Å². The molecule has 2 aromatic carbocycles. The van der Waals surface area contributed by atoms with Crippen LogP contribution in [0.2, 0.25) is 0 Å². The fourth-order valence-electron chi connectivity index (χ4n) is 4.08. The highest BCUT2D eigenvalue weighted by atomic mass is 35.5. The number of nitrogens with zero attached hydrogens (tertiary/aromatic N) is 1. The molecule has 1 spiro atoms. The van der Waals surface area contributed by atoms with Gasteiger partial charge in [-0.3, -0.25) is 4.79 Å². The van der Waals surface area contributed by atoms with Crippen LogP contribution in [0.4, 0.5) is 9.18 Å². The van der Waals surface area contributed by atoms with Crippen molar-refractivity contribution in [1.82, 2.24) is 10.2 Å². The molecule has 2 fully saturated rings. The second-order valence-corrected chi connectivity index (χ2v) is 8.00. The Bertz CT molecular complexity index is 972. The van der Waals surface area contributed by atoms with Gasteiger partial charge >= 0.3 is 6.09 Å². The van der Waals surface area contributed by atoms with E-state index in [1.165, 1.54) is 18.2 Å². The Morgan fingerprint density at radius 2 is 1.91 bits per heavy atom. The molecule has 2 saturated heterocycles. The molecular weight excluding hydrogens is 437 g/mol. The normalized spacial score (nSPS) is 20.2. The lowest BCUT2D eigenvalue weighted by atomic mass is 9.95. The predicted molar refractivity (Wildman–Crippen MR) is 120 cm³/mol. The summed E-state index contributed by atoms with van der Waals surface area (Å²) in [5.74, 6) is -0.00581. The quantitative estimate of drug-likeness (QED) is 0.706. The van der Waals surface area contributed by atoms with E-state index >= 15 is 0 Å². The monoisotopic (exact) mass is 463 g/mol. The van der Waals surface area contributed by atoms with Crippen molar-refractivity contribution in [2.45, 2.75) is 31.3 Å². The summed E-state index contributed by atoms with van der Waals surface area (Å²) in [6.07, 6.45) is 2.22. The number of amides is 2. The number of likely N-dealkylation sites (tertiary alicyclic amines) is 1. The van der Waals surface area contributed by atoms with Crippen molar-refractivity contribution in [1.29, 1.82) is 0 Å². The number of rotatable bonds is 5. The van der Waals surface area contributed by atoms with Gasteiger partial charge in [0, 0.05) is 19.5 Å². The number of hydrogen-bond donors (Lipinski definition) is 2. The number of ether oxygens (including phenoxy) is 2. The van der Waals surface area contributed by atoms with E-state index in [0.29, 0.717) is 56.9 Å². The fourth-order valence-corrected chi connectivity index (χ4v) is 4.08. The van der Waals surface area contributed by atoms with Gasteiger partial charge in [0.2, 0.25) is 0 Å². The lowest BCUT2D eigenvalue weighted by molar-refractivity contribution is 0.0438. The molecule has 9 heteroatoms. The molecule has 1 atom stereocenters. The highest BCUT2D eigenvalue weighted by Crippen LogP contribution is 2.31. The fraction of sp³-hybridized carbons (Fsp3) is 0.391. The van der Waals surface area contributed by atoms with E-state index in [-0.39, 0.29) is 18.0 Å². The van der Waals surface area contributed by atoms with Crippen LogP contribution in [0.5, 0.6) is 11.5 Å². The van der Waals surface area contributed by atoms with E-state index in [1.807, 2.05) is 24.3 Å². The molecule has 0 aromatic heterocycles. The third-order valence-electron chi connectivity index (χ3n) is 5.81. The predicted octanol–water partition coefficient (Wildman–Crippen LogP) is 3.65. The molecule has 0 bridgehead atoms. The molecule has 7 nitrogen and oxygen atoms in total. The Morgan fingerprint density at radius 1 is 1.16 bits per heavy atom. The average molecular weight is 464 g/mol. The first-order chi connectivity index (χ1) is 15.0. The molecule has 3 N–H and O–H groups in total. The Labute approximate surface area is 192 Å². The van der Waals surface area contributed by atoms with Gasteiger partial charge in [0.15, 0.2) is 0 Å². The summed E-state index contributed by atoms with van der Waals surface area (Å²) in [5, 5.41) is 2.69. The van der Waals surface area contributed by atoms with Crippen molar-refractivity contribution in [3.8, 4) is 11.5 Å². The topological polar surface area (TPSA) is 93.9 Å². The minimum Gasteiger partial charge on any atom is -0.457 e. The van der Waals surface area contributed by atoms with Crippen molar-refractivity contribution in [2.24, 2.45) is 5.73 Å². The first-order valence-electron chi connectivity index (χ1n) is 10.5. The molecule has 2 aliphatic heterocycles. The van der Waals surface area contributed by atoms with Crippen molar-refractivity contribution < 1.29 is 23.5 Å². The number of carbonyl (C=O) groups excluding carboxylic acids is 2. The van der Waals surface area contributed by atoms with Crippen LogP contribution < -0.4 is 15.8 Å². The van der Waals surface area contributed by atoms with Gasteiger partial charge < -0.3 is 25.4 Å². The molecule has 1 unspecified atom stereocenters. The Hall–Kier alpha value is -2.84. The average Bonchev–Trinajstić information content (AvgIpc) is 3.00. The van der Waals surface area contributed by atoms with Crippen molar-refractivity contribution in [2.75, 3.05) is 26.2 Å². The number of benzene rings is 2. The van der Waals surface area contributed by atoms with E-state index < -0.39 is 23.4 Å². The van der Waals surface area contributed by atoms with Gasteiger partial charge in [-0.15, -0.1) is 12.4 Å². The summed E-state index contributed by atoms with van der Waals surface area (Å²) < 4.78 is 25.8. The lowest BCUT2D eigenvalue weighted by Crippen LogP contribution is -2.36. The summed E-state index contributed by atoms with van der Waals surface area (Å²) in [6.45, 7) is 1.88. The Kier molecular flexibility index (Phi) is 7.58. The van der Waals surface area contributed by atoms with Gasteiger partial charge in [0.1, 0.15) is 22.9 Å². The standard InChI is InChI=1S/C23H26FN3O4.ClH/c24-20-7-6-18(30-17-4-2-16(3-5-17)8-11-25)14-19(20)21(28)27-12-1-9-23(10-13-27)15-26-22(29)31-23;/h2-7,14H,1,8-13,15,25H2,(H,26,29);1H. The van der Waals surface area contributed by atoms with Crippen LogP contribution in [0.1, 0.15) is 35.2 Å². The minimum absolute atomic E-state index is 0. The number of carbonyl (C=O) groups is 2. The smallest absolute Gasteiger partial charge is 0.407 e. The van der Waals surface area contributed by atoms with Gasteiger partial charge in [-0.2, -0.15) is 0 Å². The number of nitrogens with one attached hydrogen (secondary N) is 1. The zero-order chi connectivity index (χ0) is 21.8. The Morgan fingerprint density at radius 3 is 2.59 bits per heavy atom. The number of halogens is 2. The van der Waals surface area contributed by atoms with Gasteiger partial charge in [0.25, 0.3) is 5.91 Å². The molecular formula is C23H27ClFN3O4. The van der Waals surface area contributed by atoms with E-state index in [9.17, 15) is 14.0 Å². The van der Waals surface area contributed by atoms with Crippen LogP contribution in [0.15, 0.2) is 42.5 Å². The largest absolute Gasteiger partial charge is 0.457 e. The first kappa shape index (κ1) is 23.8. The maximum atomic E-state index is 14.5. The van der Waals surface area contributed by atoms with Crippen molar-refractivity contribution >= 4 is 24.4 Å². The van der Waals surface area contributed by atoms with Gasteiger partial charge in [-0.05, 0) is 61.7 Å². The summed E-state index contributed by atoms with van der Waals surface area (Å²) in [4.78, 5) is 26.1. The summed E-state index contributed by atoms with van der Waals surface area (Å²) in [7, 11) is 0. The molecule has 0 saturated carbocycles. The van der Waals surface area contributed by atoms with Crippen molar-refractivity contribution in [3.63, 3.8) is 0 Å². The lowest BCUT2D eigenvalue weighted by Gasteiger charge is -2.25. The van der Waals surface area contributed by atoms with E-state index in [2.05, 4.69) is 5.32 Å². The zero-order valence-electron chi connectivity index (χ0n) is 17.6. The number of hydrogen-bond acceptors (Lipinski definition) is 5.